The van der Waals surface area contributed by atoms with E-state index in [4.69, 9.17) is 9.47 Å². The minimum absolute atomic E-state index is 0.307. The highest BCUT2D eigenvalue weighted by Crippen LogP contribution is 2.33. The molecule has 0 saturated carbocycles. The van der Waals surface area contributed by atoms with E-state index in [1.807, 2.05) is 50.5 Å². The standard InChI is InChI=1S/C17H17NO2/c1-18(2)15(14-6-4-3-5-7-14)10-13-8-9-16-17(11-13)20-12-19-16/h3-11H,12H2,1-2H3/b15-10+. The van der Waals surface area contributed by atoms with Gasteiger partial charge in [-0.15, -0.1) is 0 Å². The van der Waals surface area contributed by atoms with Gasteiger partial charge < -0.3 is 14.4 Å². The molecule has 0 unspecified atom stereocenters. The Balaban J connectivity index is 1.99. The summed E-state index contributed by atoms with van der Waals surface area (Å²) < 4.78 is 10.8. The normalized spacial score (nSPS) is 13.4. The smallest absolute Gasteiger partial charge is 0.231 e. The van der Waals surface area contributed by atoms with Crippen LogP contribution in [0.15, 0.2) is 48.5 Å². The lowest BCUT2D eigenvalue weighted by atomic mass is 10.1. The molecular formula is C17H17NO2. The second kappa shape index (κ2) is 5.29. The fourth-order valence-electron chi connectivity index (χ4n) is 2.24. The zero-order chi connectivity index (χ0) is 13.9. The zero-order valence-corrected chi connectivity index (χ0v) is 11.7. The van der Waals surface area contributed by atoms with E-state index in [2.05, 4.69) is 23.1 Å². The Hall–Kier alpha value is -2.42. The Morgan fingerprint density at radius 3 is 2.50 bits per heavy atom. The van der Waals surface area contributed by atoms with Crippen molar-refractivity contribution in [2.24, 2.45) is 0 Å². The molecule has 0 spiro atoms. The van der Waals surface area contributed by atoms with Gasteiger partial charge in [-0.3, -0.25) is 0 Å². The van der Waals surface area contributed by atoms with E-state index in [1.165, 1.54) is 5.56 Å². The molecule has 1 aliphatic rings. The van der Waals surface area contributed by atoms with Crippen LogP contribution in [0.5, 0.6) is 11.5 Å². The number of nitrogens with zero attached hydrogens (tertiary/aromatic N) is 1. The minimum atomic E-state index is 0.307. The van der Waals surface area contributed by atoms with E-state index in [0.29, 0.717) is 6.79 Å². The van der Waals surface area contributed by atoms with Crippen molar-refractivity contribution in [2.45, 2.75) is 0 Å². The van der Waals surface area contributed by atoms with Crippen LogP contribution in [-0.4, -0.2) is 25.8 Å². The molecule has 2 aromatic rings. The molecule has 102 valence electrons. The Bertz CT molecular complexity index is 633. The Morgan fingerprint density at radius 2 is 1.75 bits per heavy atom. The van der Waals surface area contributed by atoms with Crippen molar-refractivity contribution >= 4 is 11.8 Å². The molecule has 0 aromatic heterocycles. The predicted molar refractivity (Wildman–Crippen MR) is 80.6 cm³/mol. The van der Waals surface area contributed by atoms with E-state index in [9.17, 15) is 0 Å². The number of fused-ring (bicyclic) bond motifs is 1. The first-order chi connectivity index (χ1) is 9.74. The molecule has 1 aliphatic heterocycles. The van der Waals surface area contributed by atoms with Crippen molar-refractivity contribution in [1.82, 2.24) is 4.90 Å². The Morgan fingerprint density at radius 1 is 1.00 bits per heavy atom. The fourth-order valence-corrected chi connectivity index (χ4v) is 2.24. The average Bonchev–Trinajstić information content (AvgIpc) is 2.93. The molecule has 0 aliphatic carbocycles. The highest BCUT2D eigenvalue weighted by molar-refractivity contribution is 5.80. The molecule has 0 radical (unpaired) electrons. The van der Waals surface area contributed by atoms with Crippen LogP contribution in [0.2, 0.25) is 0 Å². The van der Waals surface area contributed by atoms with E-state index >= 15 is 0 Å². The third kappa shape index (κ3) is 2.48. The van der Waals surface area contributed by atoms with Crippen molar-refractivity contribution < 1.29 is 9.47 Å². The van der Waals surface area contributed by atoms with E-state index < -0.39 is 0 Å². The fraction of sp³-hybridized carbons (Fsp3) is 0.176. The van der Waals surface area contributed by atoms with Gasteiger partial charge in [0.2, 0.25) is 6.79 Å². The summed E-state index contributed by atoms with van der Waals surface area (Å²) in [5, 5.41) is 0. The van der Waals surface area contributed by atoms with Crippen LogP contribution in [0.3, 0.4) is 0 Å². The summed E-state index contributed by atoms with van der Waals surface area (Å²) in [5.41, 5.74) is 3.45. The highest BCUT2D eigenvalue weighted by atomic mass is 16.7. The number of ether oxygens (including phenoxy) is 2. The van der Waals surface area contributed by atoms with Gasteiger partial charge in [-0.05, 0) is 29.3 Å². The van der Waals surface area contributed by atoms with E-state index in [1.54, 1.807) is 0 Å². The van der Waals surface area contributed by atoms with Crippen molar-refractivity contribution in [3.63, 3.8) is 0 Å². The number of hydrogen-bond acceptors (Lipinski definition) is 3. The summed E-state index contributed by atoms with van der Waals surface area (Å²) >= 11 is 0. The van der Waals surface area contributed by atoms with Crippen LogP contribution in [-0.2, 0) is 0 Å². The molecule has 0 amide bonds. The molecule has 3 nitrogen and oxygen atoms in total. The molecule has 0 fully saturated rings. The SMILES string of the molecule is CN(C)/C(=C/c1ccc2c(c1)OCO2)c1ccccc1. The Kier molecular flexibility index (Phi) is 3.33. The second-order valence-electron chi connectivity index (χ2n) is 4.90. The van der Waals surface area contributed by atoms with Crippen LogP contribution in [0.1, 0.15) is 11.1 Å². The molecule has 20 heavy (non-hydrogen) atoms. The number of hydrogen-bond donors (Lipinski definition) is 0. The van der Waals surface area contributed by atoms with E-state index in [0.717, 1.165) is 22.8 Å². The van der Waals surface area contributed by atoms with Gasteiger partial charge >= 0.3 is 0 Å². The van der Waals surface area contributed by atoms with Crippen LogP contribution in [0.25, 0.3) is 11.8 Å². The van der Waals surface area contributed by atoms with Crippen LogP contribution in [0.4, 0.5) is 0 Å². The van der Waals surface area contributed by atoms with Gasteiger partial charge in [0.1, 0.15) is 0 Å². The largest absolute Gasteiger partial charge is 0.454 e. The lowest BCUT2D eigenvalue weighted by Gasteiger charge is -2.18. The summed E-state index contributed by atoms with van der Waals surface area (Å²) in [7, 11) is 4.09. The maximum atomic E-state index is 5.42. The average molecular weight is 267 g/mol. The highest BCUT2D eigenvalue weighted by Gasteiger charge is 2.13. The molecule has 0 saturated heterocycles. The minimum Gasteiger partial charge on any atom is -0.454 e. The first-order valence-corrected chi connectivity index (χ1v) is 6.58. The van der Waals surface area contributed by atoms with Gasteiger partial charge in [0.25, 0.3) is 0 Å². The van der Waals surface area contributed by atoms with Gasteiger partial charge in [0.05, 0.1) is 0 Å². The molecular weight excluding hydrogens is 250 g/mol. The molecule has 0 bridgehead atoms. The Labute approximate surface area is 119 Å². The number of rotatable bonds is 3. The van der Waals surface area contributed by atoms with Crippen LogP contribution >= 0.6 is 0 Å². The second-order valence-corrected chi connectivity index (χ2v) is 4.90. The van der Waals surface area contributed by atoms with Crippen LogP contribution in [0, 0.1) is 0 Å². The lowest BCUT2D eigenvalue weighted by Crippen LogP contribution is -2.09. The topological polar surface area (TPSA) is 21.7 Å². The van der Waals surface area contributed by atoms with E-state index in [-0.39, 0.29) is 0 Å². The van der Waals surface area contributed by atoms with Crippen molar-refractivity contribution in [3.05, 3.63) is 59.7 Å². The third-order valence-corrected chi connectivity index (χ3v) is 3.25. The summed E-state index contributed by atoms with van der Waals surface area (Å²) in [6.07, 6.45) is 2.15. The quantitative estimate of drug-likeness (QED) is 0.795. The summed E-state index contributed by atoms with van der Waals surface area (Å²) in [5.74, 6) is 1.62. The third-order valence-electron chi connectivity index (χ3n) is 3.25. The van der Waals surface area contributed by atoms with Crippen molar-refractivity contribution in [2.75, 3.05) is 20.9 Å². The van der Waals surface area contributed by atoms with Gasteiger partial charge in [0.15, 0.2) is 11.5 Å². The van der Waals surface area contributed by atoms with Gasteiger partial charge in [-0.1, -0.05) is 36.4 Å². The molecule has 0 N–H and O–H groups in total. The summed E-state index contributed by atoms with van der Waals surface area (Å²) in [6, 6.07) is 16.3. The predicted octanol–water partition coefficient (Wildman–Crippen LogP) is 3.48. The monoisotopic (exact) mass is 267 g/mol. The summed E-state index contributed by atoms with van der Waals surface area (Å²) in [4.78, 5) is 2.11. The number of benzene rings is 2. The molecule has 1 heterocycles. The van der Waals surface area contributed by atoms with Crippen molar-refractivity contribution in [3.8, 4) is 11.5 Å². The van der Waals surface area contributed by atoms with Gasteiger partial charge in [-0.25, -0.2) is 0 Å². The molecule has 0 atom stereocenters. The van der Waals surface area contributed by atoms with Gasteiger partial charge in [0, 0.05) is 19.8 Å². The lowest BCUT2D eigenvalue weighted by molar-refractivity contribution is 0.174. The van der Waals surface area contributed by atoms with Crippen molar-refractivity contribution in [1.29, 1.82) is 0 Å². The van der Waals surface area contributed by atoms with Gasteiger partial charge in [-0.2, -0.15) is 0 Å². The molecule has 3 rings (SSSR count). The molecule has 2 aromatic carbocycles. The zero-order valence-electron chi connectivity index (χ0n) is 11.7. The first-order valence-electron chi connectivity index (χ1n) is 6.58. The maximum Gasteiger partial charge on any atom is 0.231 e. The maximum absolute atomic E-state index is 5.42. The molecule has 3 heteroatoms. The van der Waals surface area contributed by atoms with Crippen LogP contribution < -0.4 is 9.47 Å². The first kappa shape index (κ1) is 12.6. The summed E-state index contributed by atoms with van der Waals surface area (Å²) in [6.45, 7) is 0.307.